The molecule has 0 spiro atoms. The molecule has 2 N–H and O–H groups in total. The topological polar surface area (TPSA) is 70.7 Å². The van der Waals surface area contributed by atoms with Crippen molar-refractivity contribution in [3.8, 4) is 0 Å². The molecular formula is C16H21ClFN3O3. The van der Waals surface area contributed by atoms with Gasteiger partial charge in [0.1, 0.15) is 11.9 Å². The molecule has 2 aliphatic rings. The molecule has 2 aliphatic heterocycles. The van der Waals surface area contributed by atoms with Crippen molar-refractivity contribution in [3.05, 3.63) is 30.1 Å². The van der Waals surface area contributed by atoms with Crippen molar-refractivity contribution < 1.29 is 18.7 Å². The minimum Gasteiger partial charge on any atom is -0.378 e. The van der Waals surface area contributed by atoms with E-state index in [1.54, 1.807) is 18.2 Å². The summed E-state index contributed by atoms with van der Waals surface area (Å²) in [5.74, 6) is -0.894. The Balaban J connectivity index is 0.00000208. The van der Waals surface area contributed by atoms with Crippen molar-refractivity contribution in [2.75, 3.05) is 31.2 Å². The molecule has 2 atom stereocenters. The van der Waals surface area contributed by atoms with Gasteiger partial charge in [0.2, 0.25) is 11.8 Å². The average Bonchev–Trinajstić information content (AvgIpc) is 2.90. The summed E-state index contributed by atoms with van der Waals surface area (Å²) >= 11 is 0. The number of rotatable bonds is 4. The molecular weight excluding hydrogens is 337 g/mol. The smallest absolute Gasteiger partial charge is 0.249 e. The third kappa shape index (κ3) is 4.23. The lowest BCUT2D eigenvalue weighted by atomic mass is 10.1. The predicted octanol–water partition coefficient (Wildman–Crippen LogP) is 0.847. The van der Waals surface area contributed by atoms with Crippen LogP contribution in [-0.2, 0) is 14.3 Å². The van der Waals surface area contributed by atoms with Crippen molar-refractivity contribution in [2.24, 2.45) is 0 Å². The normalized spacial score (nSPS) is 23.7. The van der Waals surface area contributed by atoms with Crippen LogP contribution in [0.25, 0.3) is 0 Å². The fraction of sp³-hybridized carbons (Fsp3) is 0.500. The number of carbonyl (C=O) groups excluding carboxylic acids is 2. The van der Waals surface area contributed by atoms with E-state index in [0.717, 1.165) is 6.54 Å². The fourth-order valence-corrected chi connectivity index (χ4v) is 2.95. The SMILES string of the molecule is Cl.O=C(CC1COCCN1)NC1CCN(c2ccccc2F)C1=O. The first-order valence-electron chi connectivity index (χ1n) is 7.81. The number of amides is 2. The molecule has 0 aliphatic carbocycles. The van der Waals surface area contributed by atoms with Crippen molar-refractivity contribution in [1.29, 1.82) is 0 Å². The van der Waals surface area contributed by atoms with Crippen LogP contribution < -0.4 is 15.5 Å². The molecule has 2 unspecified atom stereocenters. The van der Waals surface area contributed by atoms with Gasteiger partial charge in [0.15, 0.2) is 0 Å². The molecule has 1 aromatic carbocycles. The van der Waals surface area contributed by atoms with E-state index in [9.17, 15) is 14.0 Å². The molecule has 2 amide bonds. The van der Waals surface area contributed by atoms with Crippen LogP contribution >= 0.6 is 12.4 Å². The minimum absolute atomic E-state index is 0. The average molecular weight is 358 g/mol. The molecule has 0 radical (unpaired) electrons. The highest BCUT2D eigenvalue weighted by atomic mass is 35.5. The number of carbonyl (C=O) groups is 2. The highest BCUT2D eigenvalue weighted by Gasteiger charge is 2.35. The van der Waals surface area contributed by atoms with Crippen LogP contribution in [0.4, 0.5) is 10.1 Å². The van der Waals surface area contributed by atoms with Crippen molar-refractivity contribution in [3.63, 3.8) is 0 Å². The van der Waals surface area contributed by atoms with Gasteiger partial charge in [-0.1, -0.05) is 12.1 Å². The first kappa shape index (κ1) is 18.6. The van der Waals surface area contributed by atoms with E-state index in [0.29, 0.717) is 26.2 Å². The van der Waals surface area contributed by atoms with Gasteiger partial charge in [0, 0.05) is 25.6 Å². The summed E-state index contributed by atoms with van der Waals surface area (Å²) in [5, 5.41) is 5.94. The molecule has 8 heteroatoms. The summed E-state index contributed by atoms with van der Waals surface area (Å²) in [6, 6.07) is 5.54. The summed E-state index contributed by atoms with van der Waals surface area (Å²) < 4.78 is 19.1. The lowest BCUT2D eigenvalue weighted by molar-refractivity contribution is -0.127. The Hall–Kier alpha value is -1.70. The molecule has 2 heterocycles. The highest BCUT2D eigenvalue weighted by Crippen LogP contribution is 2.24. The monoisotopic (exact) mass is 357 g/mol. The fourth-order valence-electron chi connectivity index (χ4n) is 2.95. The van der Waals surface area contributed by atoms with Gasteiger partial charge in [-0.05, 0) is 18.6 Å². The van der Waals surface area contributed by atoms with Gasteiger partial charge in [-0.15, -0.1) is 12.4 Å². The van der Waals surface area contributed by atoms with E-state index >= 15 is 0 Å². The maximum absolute atomic E-state index is 13.8. The van der Waals surface area contributed by atoms with Crippen LogP contribution in [0.15, 0.2) is 24.3 Å². The maximum Gasteiger partial charge on any atom is 0.249 e. The Morgan fingerprint density at radius 1 is 1.42 bits per heavy atom. The highest BCUT2D eigenvalue weighted by molar-refractivity contribution is 6.01. The second-order valence-corrected chi connectivity index (χ2v) is 5.78. The van der Waals surface area contributed by atoms with Gasteiger partial charge in [-0.25, -0.2) is 4.39 Å². The third-order valence-electron chi connectivity index (χ3n) is 4.11. The van der Waals surface area contributed by atoms with Crippen LogP contribution in [-0.4, -0.2) is 50.2 Å². The molecule has 6 nitrogen and oxygen atoms in total. The van der Waals surface area contributed by atoms with Gasteiger partial charge in [-0.2, -0.15) is 0 Å². The van der Waals surface area contributed by atoms with Crippen LogP contribution in [0, 0.1) is 5.82 Å². The Labute approximate surface area is 146 Å². The van der Waals surface area contributed by atoms with Gasteiger partial charge >= 0.3 is 0 Å². The summed E-state index contributed by atoms with van der Waals surface area (Å²) in [6.45, 7) is 2.26. The van der Waals surface area contributed by atoms with Crippen molar-refractivity contribution >= 4 is 29.9 Å². The second-order valence-electron chi connectivity index (χ2n) is 5.78. The first-order valence-corrected chi connectivity index (χ1v) is 7.81. The molecule has 0 aromatic heterocycles. The van der Waals surface area contributed by atoms with Gasteiger partial charge < -0.3 is 20.3 Å². The number of anilines is 1. The number of para-hydroxylation sites is 1. The zero-order valence-corrected chi connectivity index (χ0v) is 14.0. The molecule has 132 valence electrons. The van der Waals surface area contributed by atoms with E-state index in [1.807, 2.05) is 0 Å². The second kappa shape index (κ2) is 8.41. The molecule has 24 heavy (non-hydrogen) atoms. The Bertz CT molecular complexity index is 596. The zero-order chi connectivity index (χ0) is 16.2. The third-order valence-corrected chi connectivity index (χ3v) is 4.11. The number of ether oxygens (including phenoxy) is 1. The van der Waals surface area contributed by atoms with Gasteiger partial charge in [0.25, 0.3) is 0 Å². The van der Waals surface area contributed by atoms with Gasteiger partial charge in [-0.3, -0.25) is 9.59 Å². The molecule has 3 rings (SSSR count). The predicted molar refractivity (Wildman–Crippen MR) is 89.8 cm³/mol. The number of benzene rings is 1. The number of nitrogens with one attached hydrogen (secondary N) is 2. The molecule has 2 saturated heterocycles. The minimum atomic E-state index is -0.591. The maximum atomic E-state index is 13.8. The van der Waals surface area contributed by atoms with Crippen LogP contribution in [0.3, 0.4) is 0 Å². The van der Waals surface area contributed by atoms with E-state index < -0.39 is 11.9 Å². The van der Waals surface area contributed by atoms with Crippen LogP contribution in [0.1, 0.15) is 12.8 Å². The number of hydrogen-bond acceptors (Lipinski definition) is 4. The number of morpholine rings is 1. The summed E-state index contributed by atoms with van der Waals surface area (Å²) in [7, 11) is 0. The number of halogens is 2. The van der Waals surface area contributed by atoms with Crippen LogP contribution in [0.2, 0.25) is 0 Å². The summed E-state index contributed by atoms with van der Waals surface area (Å²) in [4.78, 5) is 25.9. The van der Waals surface area contributed by atoms with E-state index in [-0.39, 0.29) is 42.4 Å². The summed E-state index contributed by atoms with van der Waals surface area (Å²) in [5.41, 5.74) is 0.261. The Morgan fingerprint density at radius 2 is 2.21 bits per heavy atom. The summed E-state index contributed by atoms with van der Waals surface area (Å²) in [6.07, 6.45) is 0.747. The lowest BCUT2D eigenvalue weighted by Gasteiger charge is -2.24. The zero-order valence-electron chi connectivity index (χ0n) is 13.2. The Kier molecular flexibility index (Phi) is 6.53. The number of nitrogens with zero attached hydrogens (tertiary/aromatic N) is 1. The quantitative estimate of drug-likeness (QED) is 0.838. The van der Waals surface area contributed by atoms with Crippen molar-refractivity contribution in [2.45, 2.75) is 24.9 Å². The Morgan fingerprint density at radius 3 is 2.92 bits per heavy atom. The molecule has 0 bridgehead atoms. The van der Waals surface area contributed by atoms with E-state index in [4.69, 9.17) is 4.74 Å². The molecule has 0 saturated carbocycles. The molecule has 1 aromatic rings. The van der Waals surface area contributed by atoms with Crippen LogP contribution in [0.5, 0.6) is 0 Å². The lowest BCUT2D eigenvalue weighted by Crippen LogP contribution is -2.47. The van der Waals surface area contributed by atoms with Crippen molar-refractivity contribution in [1.82, 2.24) is 10.6 Å². The van der Waals surface area contributed by atoms with Gasteiger partial charge in [0.05, 0.1) is 18.9 Å². The molecule has 2 fully saturated rings. The standard InChI is InChI=1S/C16H20FN3O3.ClH/c17-12-3-1-2-4-14(12)20-7-5-13(16(20)22)19-15(21)9-11-10-23-8-6-18-11;/h1-4,11,13,18H,5-10H2,(H,19,21);1H. The number of hydrogen-bond donors (Lipinski definition) is 2. The van der Waals surface area contributed by atoms with E-state index in [1.165, 1.54) is 11.0 Å². The van der Waals surface area contributed by atoms with E-state index in [2.05, 4.69) is 10.6 Å². The first-order chi connectivity index (χ1) is 11.1. The largest absolute Gasteiger partial charge is 0.378 e.